The first-order valence-electron chi connectivity index (χ1n) is 8.63. The Hall–Kier alpha value is -2.14. The van der Waals surface area contributed by atoms with Crippen LogP contribution in [0.1, 0.15) is 34.8 Å². The standard InChI is InChI=1S/C20H23NO3S/c1-2-21(18-12-13-25(23,24)15-18)20(22)19-11-7-6-10-17(19)14-16-8-4-3-5-9-16/h3-11,18H,2,12-15H2,1H3/t18-/m0/s1. The second-order valence-electron chi connectivity index (χ2n) is 6.47. The third-order valence-electron chi connectivity index (χ3n) is 4.74. The van der Waals surface area contributed by atoms with Crippen molar-refractivity contribution in [3.63, 3.8) is 0 Å². The molecular formula is C20H23NO3S. The summed E-state index contributed by atoms with van der Waals surface area (Å²) < 4.78 is 23.6. The van der Waals surface area contributed by atoms with E-state index in [0.29, 0.717) is 24.9 Å². The van der Waals surface area contributed by atoms with Crippen molar-refractivity contribution in [3.8, 4) is 0 Å². The summed E-state index contributed by atoms with van der Waals surface area (Å²) in [5.74, 6) is 0.178. The summed E-state index contributed by atoms with van der Waals surface area (Å²) in [6.07, 6.45) is 1.21. The number of carbonyl (C=O) groups excluding carboxylic acids is 1. The minimum atomic E-state index is -3.02. The molecule has 2 aromatic carbocycles. The molecule has 132 valence electrons. The topological polar surface area (TPSA) is 54.5 Å². The van der Waals surface area contributed by atoms with Crippen molar-refractivity contribution in [1.29, 1.82) is 0 Å². The lowest BCUT2D eigenvalue weighted by Crippen LogP contribution is -2.41. The average molecular weight is 357 g/mol. The summed E-state index contributed by atoms with van der Waals surface area (Å²) in [6.45, 7) is 2.42. The third kappa shape index (κ3) is 4.10. The summed E-state index contributed by atoms with van der Waals surface area (Å²) in [6, 6.07) is 17.4. The predicted octanol–water partition coefficient (Wildman–Crippen LogP) is 2.93. The van der Waals surface area contributed by atoms with Crippen LogP contribution in [-0.4, -0.2) is 43.3 Å². The van der Waals surface area contributed by atoms with Crippen LogP contribution in [0.2, 0.25) is 0 Å². The first-order valence-corrected chi connectivity index (χ1v) is 10.5. The summed E-state index contributed by atoms with van der Waals surface area (Å²) in [7, 11) is -3.02. The van der Waals surface area contributed by atoms with Gasteiger partial charge >= 0.3 is 0 Å². The molecule has 1 saturated heterocycles. The second-order valence-corrected chi connectivity index (χ2v) is 8.70. The number of amides is 1. The molecule has 4 nitrogen and oxygen atoms in total. The molecule has 1 aliphatic rings. The highest BCUT2D eigenvalue weighted by atomic mass is 32.2. The molecule has 25 heavy (non-hydrogen) atoms. The van der Waals surface area contributed by atoms with Crippen LogP contribution in [-0.2, 0) is 16.3 Å². The molecule has 1 heterocycles. The van der Waals surface area contributed by atoms with Gasteiger partial charge in [0.05, 0.1) is 11.5 Å². The van der Waals surface area contributed by atoms with Gasteiger partial charge in [0.1, 0.15) is 0 Å². The molecule has 0 spiro atoms. The van der Waals surface area contributed by atoms with Gasteiger partial charge in [-0.3, -0.25) is 4.79 Å². The lowest BCUT2D eigenvalue weighted by molar-refractivity contribution is 0.0707. The fraction of sp³-hybridized carbons (Fsp3) is 0.350. The van der Waals surface area contributed by atoms with Crippen LogP contribution >= 0.6 is 0 Å². The van der Waals surface area contributed by atoms with Gasteiger partial charge in [-0.2, -0.15) is 0 Å². The van der Waals surface area contributed by atoms with Crippen molar-refractivity contribution < 1.29 is 13.2 Å². The molecule has 0 unspecified atom stereocenters. The van der Waals surface area contributed by atoms with Crippen molar-refractivity contribution in [2.75, 3.05) is 18.1 Å². The highest BCUT2D eigenvalue weighted by Gasteiger charge is 2.34. The van der Waals surface area contributed by atoms with Crippen LogP contribution in [0, 0.1) is 0 Å². The van der Waals surface area contributed by atoms with Gasteiger partial charge < -0.3 is 4.90 Å². The van der Waals surface area contributed by atoms with E-state index in [1.807, 2.05) is 61.5 Å². The number of sulfone groups is 1. The molecule has 5 heteroatoms. The van der Waals surface area contributed by atoms with Gasteiger partial charge in [0.15, 0.2) is 9.84 Å². The van der Waals surface area contributed by atoms with Gasteiger partial charge in [-0.1, -0.05) is 48.5 Å². The monoisotopic (exact) mass is 357 g/mol. The molecule has 1 aliphatic heterocycles. The van der Waals surface area contributed by atoms with E-state index in [0.717, 1.165) is 11.1 Å². The van der Waals surface area contributed by atoms with E-state index in [-0.39, 0.29) is 23.5 Å². The Bertz CT molecular complexity index is 846. The summed E-state index contributed by atoms with van der Waals surface area (Å²) in [5.41, 5.74) is 2.78. The normalized spacial score (nSPS) is 18.8. The summed E-state index contributed by atoms with van der Waals surface area (Å²) >= 11 is 0. The lowest BCUT2D eigenvalue weighted by Gasteiger charge is -2.27. The highest BCUT2D eigenvalue weighted by Crippen LogP contribution is 2.22. The number of carbonyl (C=O) groups is 1. The average Bonchev–Trinajstić information content (AvgIpc) is 2.96. The highest BCUT2D eigenvalue weighted by molar-refractivity contribution is 7.91. The summed E-state index contributed by atoms with van der Waals surface area (Å²) in [5, 5.41) is 0. The fourth-order valence-electron chi connectivity index (χ4n) is 3.44. The van der Waals surface area contributed by atoms with Gasteiger partial charge in [-0.25, -0.2) is 8.42 Å². The SMILES string of the molecule is CCN(C(=O)c1ccccc1Cc1ccccc1)[C@H]1CCS(=O)(=O)C1. The second kappa shape index (κ2) is 7.40. The quantitative estimate of drug-likeness (QED) is 0.827. The molecular weight excluding hydrogens is 334 g/mol. The Kier molecular flexibility index (Phi) is 5.23. The van der Waals surface area contributed by atoms with Gasteiger partial charge in [0.25, 0.3) is 5.91 Å². The van der Waals surface area contributed by atoms with Crippen LogP contribution in [0.15, 0.2) is 54.6 Å². The van der Waals surface area contributed by atoms with Crippen molar-refractivity contribution in [1.82, 2.24) is 4.90 Å². The molecule has 0 N–H and O–H groups in total. The molecule has 3 rings (SSSR count). The van der Waals surface area contributed by atoms with Crippen molar-refractivity contribution in [2.45, 2.75) is 25.8 Å². The third-order valence-corrected chi connectivity index (χ3v) is 6.49. The fourth-order valence-corrected chi connectivity index (χ4v) is 5.17. The number of nitrogens with zero attached hydrogens (tertiary/aromatic N) is 1. The van der Waals surface area contributed by atoms with E-state index < -0.39 is 9.84 Å². The van der Waals surface area contributed by atoms with Crippen LogP contribution in [0.4, 0.5) is 0 Å². The summed E-state index contributed by atoms with van der Waals surface area (Å²) in [4.78, 5) is 14.8. The van der Waals surface area contributed by atoms with Crippen LogP contribution < -0.4 is 0 Å². The zero-order chi connectivity index (χ0) is 17.9. The van der Waals surface area contributed by atoms with Gasteiger partial charge in [0.2, 0.25) is 0 Å². The van der Waals surface area contributed by atoms with Crippen molar-refractivity contribution in [3.05, 3.63) is 71.3 Å². The van der Waals surface area contributed by atoms with Crippen LogP contribution in [0.5, 0.6) is 0 Å². The molecule has 2 aromatic rings. The van der Waals surface area contributed by atoms with E-state index in [4.69, 9.17) is 0 Å². The Labute approximate surface area is 149 Å². The van der Waals surface area contributed by atoms with Gasteiger partial charge in [0, 0.05) is 18.2 Å². The first kappa shape index (κ1) is 17.7. The smallest absolute Gasteiger partial charge is 0.254 e. The molecule has 1 atom stereocenters. The maximum Gasteiger partial charge on any atom is 0.254 e. The number of rotatable bonds is 5. The molecule has 0 radical (unpaired) electrons. The molecule has 0 bridgehead atoms. The van der Waals surface area contributed by atoms with Crippen LogP contribution in [0.3, 0.4) is 0 Å². The van der Waals surface area contributed by atoms with Crippen molar-refractivity contribution >= 4 is 15.7 Å². The van der Waals surface area contributed by atoms with Gasteiger partial charge in [-0.05, 0) is 37.0 Å². The predicted molar refractivity (Wildman–Crippen MR) is 99.5 cm³/mol. The number of benzene rings is 2. The zero-order valence-electron chi connectivity index (χ0n) is 14.4. The van der Waals surface area contributed by atoms with E-state index in [1.165, 1.54) is 0 Å². The molecule has 0 saturated carbocycles. The maximum absolute atomic E-state index is 13.1. The van der Waals surface area contributed by atoms with E-state index in [1.54, 1.807) is 4.90 Å². The van der Waals surface area contributed by atoms with Gasteiger partial charge in [-0.15, -0.1) is 0 Å². The molecule has 1 amide bonds. The number of hydrogen-bond acceptors (Lipinski definition) is 3. The van der Waals surface area contributed by atoms with Crippen molar-refractivity contribution in [2.24, 2.45) is 0 Å². The zero-order valence-corrected chi connectivity index (χ0v) is 15.2. The molecule has 1 fully saturated rings. The minimum Gasteiger partial charge on any atom is -0.335 e. The minimum absolute atomic E-state index is 0.0730. The Morgan fingerprint density at radius 3 is 2.40 bits per heavy atom. The lowest BCUT2D eigenvalue weighted by atomic mass is 9.98. The Morgan fingerprint density at radius 2 is 1.76 bits per heavy atom. The van der Waals surface area contributed by atoms with Crippen LogP contribution in [0.25, 0.3) is 0 Å². The molecule has 0 aromatic heterocycles. The number of hydrogen-bond donors (Lipinski definition) is 0. The van der Waals surface area contributed by atoms with E-state index in [2.05, 4.69) is 0 Å². The van der Waals surface area contributed by atoms with E-state index in [9.17, 15) is 13.2 Å². The van der Waals surface area contributed by atoms with E-state index >= 15 is 0 Å². The first-order chi connectivity index (χ1) is 12.0. The largest absolute Gasteiger partial charge is 0.335 e. The maximum atomic E-state index is 13.1. The Balaban J connectivity index is 1.86. The Morgan fingerprint density at radius 1 is 1.08 bits per heavy atom. The molecule has 0 aliphatic carbocycles.